The molecule has 1 aliphatic heterocycles. The fourth-order valence-electron chi connectivity index (χ4n) is 2.37. The molecular weight excluding hydrogens is 341 g/mol. The molecule has 7 heteroatoms. The topological polar surface area (TPSA) is 59.6 Å². The lowest BCUT2D eigenvalue weighted by atomic mass is 10.0. The van der Waals surface area contributed by atoms with E-state index in [0.717, 1.165) is 23.3 Å². The minimum absolute atomic E-state index is 0.107. The average molecular weight is 356 g/mol. The predicted molar refractivity (Wildman–Crippen MR) is 92.1 cm³/mol. The van der Waals surface area contributed by atoms with Gasteiger partial charge in [-0.15, -0.1) is 11.3 Å². The summed E-state index contributed by atoms with van der Waals surface area (Å²) >= 11 is 13.3. The van der Waals surface area contributed by atoms with Crippen LogP contribution in [0.15, 0.2) is 35.3 Å². The van der Waals surface area contributed by atoms with Gasteiger partial charge in [0.1, 0.15) is 5.75 Å². The molecule has 1 unspecified atom stereocenters. The van der Waals surface area contributed by atoms with Crippen molar-refractivity contribution in [1.82, 2.24) is 5.32 Å². The van der Waals surface area contributed by atoms with Gasteiger partial charge in [0.2, 0.25) is 0 Å². The van der Waals surface area contributed by atoms with Crippen LogP contribution in [0.2, 0.25) is 8.67 Å². The molecule has 1 aliphatic rings. The third kappa shape index (κ3) is 3.48. The molecule has 4 nitrogen and oxygen atoms in total. The van der Waals surface area contributed by atoms with E-state index < -0.39 is 0 Å². The molecule has 0 aliphatic carbocycles. The first-order chi connectivity index (χ1) is 10.6. The summed E-state index contributed by atoms with van der Waals surface area (Å²) in [5, 5.41) is 3.25. The van der Waals surface area contributed by atoms with Gasteiger partial charge in [-0.3, -0.25) is 0 Å². The van der Waals surface area contributed by atoms with Crippen LogP contribution in [-0.4, -0.2) is 12.6 Å². The molecule has 2 aromatic rings. The molecule has 3 rings (SSSR count). The Hall–Kier alpha value is -1.43. The number of guanidine groups is 1. The van der Waals surface area contributed by atoms with E-state index in [-0.39, 0.29) is 6.04 Å². The molecule has 2 heterocycles. The number of para-hydroxylation sites is 1. The van der Waals surface area contributed by atoms with Crippen LogP contribution < -0.4 is 15.8 Å². The van der Waals surface area contributed by atoms with Crippen molar-refractivity contribution in [2.75, 3.05) is 6.61 Å². The number of benzene rings is 1. The summed E-state index contributed by atoms with van der Waals surface area (Å²) in [6.45, 7) is 1.07. The second-order valence-corrected chi connectivity index (χ2v) is 7.21. The van der Waals surface area contributed by atoms with Crippen LogP contribution in [-0.2, 0) is 6.54 Å². The first-order valence-corrected chi connectivity index (χ1v) is 8.42. The Morgan fingerprint density at radius 3 is 3.00 bits per heavy atom. The predicted octanol–water partition coefficient (Wildman–Crippen LogP) is 3.98. The maximum absolute atomic E-state index is 6.07. The zero-order chi connectivity index (χ0) is 15.5. The second kappa shape index (κ2) is 6.77. The first-order valence-electron chi connectivity index (χ1n) is 6.85. The van der Waals surface area contributed by atoms with E-state index in [1.165, 1.54) is 11.3 Å². The fraction of sp³-hybridized carbons (Fsp3) is 0.267. The Bertz CT molecular complexity index is 702. The van der Waals surface area contributed by atoms with Gasteiger partial charge in [0.25, 0.3) is 0 Å². The number of halogens is 2. The molecule has 0 radical (unpaired) electrons. The molecule has 1 aromatic carbocycles. The third-order valence-corrected chi connectivity index (χ3v) is 5.00. The minimum atomic E-state index is 0.107. The molecule has 116 valence electrons. The van der Waals surface area contributed by atoms with Gasteiger partial charge in [-0.25, -0.2) is 4.99 Å². The lowest BCUT2D eigenvalue weighted by molar-refractivity contribution is 0.262. The van der Waals surface area contributed by atoms with E-state index in [1.54, 1.807) is 0 Å². The normalized spacial score (nSPS) is 17.7. The molecule has 0 saturated carbocycles. The van der Waals surface area contributed by atoms with E-state index in [4.69, 9.17) is 33.7 Å². The van der Waals surface area contributed by atoms with Crippen LogP contribution in [0, 0.1) is 0 Å². The van der Waals surface area contributed by atoms with E-state index in [0.29, 0.717) is 27.8 Å². The average Bonchev–Trinajstić information content (AvgIpc) is 2.83. The molecule has 1 aromatic heterocycles. The summed E-state index contributed by atoms with van der Waals surface area (Å²) in [4.78, 5) is 4.34. The highest BCUT2D eigenvalue weighted by atomic mass is 35.5. The van der Waals surface area contributed by atoms with Crippen LogP contribution >= 0.6 is 34.5 Å². The molecule has 1 atom stereocenters. The van der Waals surface area contributed by atoms with Crippen molar-refractivity contribution in [1.29, 1.82) is 0 Å². The second-order valence-electron chi connectivity index (χ2n) is 4.92. The molecule has 0 amide bonds. The Labute approximate surface area is 142 Å². The van der Waals surface area contributed by atoms with E-state index in [2.05, 4.69) is 10.3 Å². The highest BCUT2D eigenvalue weighted by Crippen LogP contribution is 2.32. The van der Waals surface area contributed by atoms with Gasteiger partial charge in [-0.1, -0.05) is 41.4 Å². The smallest absolute Gasteiger partial charge is 0.189 e. The number of nitrogens with zero attached hydrogens (tertiary/aromatic N) is 1. The number of fused-ring (bicyclic) bond motifs is 1. The first kappa shape index (κ1) is 15.5. The summed E-state index contributed by atoms with van der Waals surface area (Å²) in [7, 11) is 0. The van der Waals surface area contributed by atoms with Crippen LogP contribution in [0.4, 0.5) is 0 Å². The summed E-state index contributed by atoms with van der Waals surface area (Å²) in [5.74, 6) is 1.28. The zero-order valence-electron chi connectivity index (χ0n) is 11.7. The largest absolute Gasteiger partial charge is 0.493 e. The SMILES string of the molecule is NC(=NCc1cc(Cl)sc1Cl)NC1CCOc2ccccc21. The quantitative estimate of drug-likeness (QED) is 0.646. The van der Waals surface area contributed by atoms with Gasteiger partial charge in [0.05, 0.1) is 27.9 Å². The standard InChI is InChI=1S/C15H15Cl2N3OS/c16-13-7-9(14(17)22-13)8-19-15(18)20-11-5-6-21-12-4-2-1-3-10(11)12/h1-4,7,11H,5-6,8H2,(H3,18,19,20). The van der Waals surface area contributed by atoms with E-state index in [1.807, 2.05) is 30.3 Å². The lowest BCUT2D eigenvalue weighted by Gasteiger charge is -2.26. The van der Waals surface area contributed by atoms with Gasteiger partial charge in [0, 0.05) is 17.5 Å². The van der Waals surface area contributed by atoms with Gasteiger partial charge < -0.3 is 15.8 Å². The van der Waals surface area contributed by atoms with Crippen LogP contribution in [0.5, 0.6) is 5.75 Å². The Morgan fingerprint density at radius 2 is 2.23 bits per heavy atom. The van der Waals surface area contributed by atoms with Crippen molar-refractivity contribution in [2.45, 2.75) is 19.0 Å². The monoisotopic (exact) mass is 355 g/mol. The molecule has 0 bridgehead atoms. The van der Waals surface area contributed by atoms with Gasteiger partial charge >= 0.3 is 0 Å². The Kier molecular flexibility index (Phi) is 4.76. The summed E-state index contributed by atoms with van der Waals surface area (Å²) < 4.78 is 6.94. The molecule has 3 N–H and O–H groups in total. The number of nitrogens with one attached hydrogen (secondary N) is 1. The number of hydrogen-bond acceptors (Lipinski definition) is 3. The van der Waals surface area contributed by atoms with Crippen LogP contribution in [0.1, 0.15) is 23.6 Å². The molecular formula is C15H15Cl2N3OS. The molecule has 22 heavy (non-hydrogen) atoms. The van der Waals surface area contributed by atoms with Gasteiger partial charge in [-0.2, -0.15) is 0 Å². The summed E-state index contributed by atoms with van der Waals surface area (Å²) in [5.41, 5.74) is 7.98. The highest BCUT2D eigenvalue weighted by molar-refractivity contribution is 7.20. The molecule has 0 saturated heterocycles. The van der Waals surface area contributed by atoms with Gasteiger partial charge in [-0.05, 0) is 12.1 Å². The highest BCUT2D eigenvalue weighted by Gasteiger charge is 2.21. The number of hydrogen-bond donors (Lipinski definition) is 2. The Morgan fingerprint density at radius 1 is 1.41 bits per heavy atom. The van der Waals surface area contributed by atoms with Crippen molar-refractivity contribution in [3.8, 4) is 5.75 Å². The van der Waals surface area contributed by atoms with Gasteiger partial charge in [0.15, 0.2) is 5.96 Å². The van der Waals surface area contributed by atoms with Crippen LogP contribution in [0.3, 0.4) is 0 Å². The number of aliphatic imine (C=N–C) groups is 1. The minimum Gasteiger partial charge on any atom is -0.493 e. The number of ether oxygens (including phenoxy) is 1. The van der Waals surface area contributed by atoms with Crippen molar-refractivity contribution < 1.29 is 4.74 Å². The maximum Gasteiger partial charge on any atom is 0.189 e. The van der Waals surface area contributed by atoms with Crippen molar-refractivity contribution in [2.24, 2.45) is 10.7 Å². The van der Waals surface area contributed by atoms with Crippen molar-refractivity contribution >= 4 is 40.5 Å². The maximum atomic E-state index is 6.07. The fourth-order valence-corrected chi connectivity index (χ4v) is 3.84. The summed E-state index contributed by atoms with van der Waals surface area (Å²) in [6, 6.07) is 9.87. The van der Waals surface area contributed by atoms with E-state index in [9.17, 15) is 0 Å². The zero-order valence-corrected chi connectivity index (χ0v) is 14.0. The third-order valence-electron chi connectivity index (χ3n) is 3.43. The summed E-state index contributed by atoms with van der Waals surface area (Å²) in [6.07, 6.45) is 0.846. The number of nitrogens with two attached hydrogens (primary N) is 1. The molecule has 0 fully saturated rings. The van der Waals surface area contributed by atoms with Crippen molar-refractivity contribution in [3.63, 3.8) is 0 Å². The number of rotatable bonds is 3. The molecule has 0 spiro atoms. The van der Waals surface area contributed by atoms with Crippen molar-refractivity contribution in [3.05, 3.63) is 50.1 Å². The van der Waals surface area contributed by atoms with Crippen LogP contribution in [0.25, 0.3) is 0 Å². The lowest BCUT2D eigenvalue weighted by Crippen LogP contribution is -2.37. The number of thiophene rings is 1. The van der Waals surface area contributed by atoms with E-state index >= 15 is 0 Å². The Balaban J connectivity index is 1.68.